The molecule has 20 nitrogen and oxygen atoms in total. The number of ether oxygens (including phenoxy) is 6. The van der Waals surface area contributed by atoms with Crippen molar-refractivity contribution in [1.29, 1.82) is 0 Å². The van der Waals surface area contributed by atoms with Crippen molar-refractivity contribution >= 4 is 101 Å². The molecule has 488 valence electrons. The number of para-hydroxylation sites is 2. The second-order valence-corrected chi connectivity index (χ2v) is 30.1. The first-order chi connectivity index (χ1) is 43.7. The van der Waals surface area contributed by atoms with Gasteiger partial charge in [-0.25, -0.2) is 0 Å². The van der Waals surface area contributed by atoms with E-state index in [4.69, 9.17) is 28.4 Å². The maximum Gasteiger partial charge on any atom is 0.275 e. The molecule has 91 heavy (non-hydrogen) atoms. The summed E-state index contributed by atoms with van der Waals surface area (Å²) in [6, 6.07) is 29.8. The maximum atomic E-state index is 14.5. The molecule has 0 radical (unpaired) electrons. The third kappa shape index (κ3) is 15.6. The molecule has 0 bridgehead atoms. The number of methoxy groups -OCH3 is 2. The van der Waals surface area contributed by atoms with Crippen LogP contribution in [0.25, 0.3) is 0 Å². The summed E-state index contributed by atoms with van der Waals surface area (Å²) in [6.45, 7) is 10.5. The highest BCUT2D eigenvalue weighted by molar-refractivity contribution is 8.77. The summed E-state index contributed by atoms with van der Waals surface area (Å²) >= 11 is 1.29. The molecule has 5 aromatic carbocycles. The number of Topliss-reactive ketones (excluding diaryl/α,β-unsaturated/α-hetero) is 1. The molecule has 1 saturated heterocycles. The standard InChI is InChI=1S/C67H82N6O14S4/c1-43-28-51-55(68(4)38-49-32-46-14-9-11-16-53(46)72(49)64(51)76)35-58(43)86-40-44-29-45(41-87-60-36-56-52(34-59(60)83-7)65(77)73-50(39-69(56)5)33-47-15-10-12-17-54(47)73)31-48(30-44)70(21-22-84-25-26-85-24-23-82-6)42-67(2,3)90-89-27-19-62(91(79,80)81)57(74)18-13-20-71-63(75)37-61(88-8)66(71)78/h9-12,14-17,28-31,34-36,49-50,61-62H,13,18-27,32-33,37-42H2,1-8H3,(H,79,80,81)/t49-,50-,61?,62?/m0/s1. The number of likely N-dealkylation sites (tertiary alicyclic amines) is 1. The van der Waals surface area contributed by atoms with E-state index in [-0.39, 0.29) is 86.9 Å². The van der Waals surface area contributed by atoms with Gasteiger partial charge in [0.05, 0.1) is 80.0 Å². The van der Waals surface area contributed by atoms with Crippen LogP contribution in [0.1, 0.15) is 88.1 Å². The van der Waals surface area contributed by atoms with Gasteiger partial charge >= 0.3 is 0 Å². The third-order valence-corrected chi connectivity index (χ3v) is 22.7. The first kappa shape index (κ1) is 67.4. The topological polar surface area (TPSA) is 215 Å². The van der Waals surface area contributed by atoms with Crippen LogP contribution in [0.15, 0.2) is 91.0 Å². The normalized spacial score (nSPS) is 18.1. The zero-order chi connectivity index (χ0) is 64.7. The average molecular weight is 1320 g/mol. The Morgan fingerprint density at radius 3 is 1.88 bits per heavy atom. The third-order valence-electron chi connectivity index (χ3n) is 17.2. The number of hydrogen-bond acceptors (Lipinski definition) is 19. The highest BCUT2D eigenvalue weighted by Gasteiger charge is 2.42. The van der Waals surface area contributed by atoms with Crippen molar-refractivity contribution in [3.8, 4) is 17.2 Å². The van der Waals surface area contributed by atoms with E-state index in [0.29, 0.717) is 87.6 Å². The van der Waals surface area contributed by atoms with Gasteiger partial charge in [0, 0.05) is 106 Å². The molecule has 4 amide bonds. The maximum absolute atomic E-state index is 14.5. The molecular weight excluding hydrogens is 1240 g/mol. The van der Waals surface area contributed by atoms with Gasteiger partial charge in [-0.2, -0.15) is 20.2 Å². The van der Waals surface area contributed by atoms with E-state index in [1.165, 1.54) is 33.3 Å². The van der Waals surface area contributed by atoms with Crippen LogP contribution in [0.3, 0.4) is 0 Å². The number of amides is 4. The van der Waals surface area contributed by atoms with E-state index in [1.807, 2.05) is 91.5 Å². The molecule has 0 saturated carbocycles. The van der Waals surface area contributed by atoms with Crippen LogP contribution in [0.2, 0.25) is 0 Å². The number of anilines is 5. The number of aryl methyl sites for hydroxylation is 1. The highest BCUT2D eigenvalue weighted by atomic mass is 33.1. The van der Waals surface area contributed by atoms with Gasteiger partial charge in [-0.1, -0.05) is 58.0 Å². The second kappa shape index (κ2) is 29.6. The first-order valence-electron chi connectivity index (χ1n) is 30.7. The lowest BCUT2D eigenvalue weighted by molar-refractivity contribution is -0.138. The Hall–Kier alpha value is -6.51. The number of fused-ring (bicyclic) bond motifs is 8. The summed E-state index contributed by atoms with van der Waals surface area (Å²) in [5.74, 6) is 0.253. The molecule has 10 rings (SSSR count). The number of likely N-dealkylation sites (N-methyl/N-ethyl adjacent to an activating group) is 2. The van der Waals surface area contributed by atoms with Gasteiger partial charge in [0.1, 0.15) is 24.2 Å². The van der Waals surface area contributed by atoms with Crippen molar-refractivity contribution in [1.82, 2.24) is 4.90 Å². The Bertz CT molecular complexity index is 3630. The SMILES string of the molecule is COCCOCCOCCN(CC(C)(C)SSCCC(C(=O)CCCN1C(=O)CC(SC)C1=O)S(=O)(=O)O)c1cc(COc2cc3c(cc2C)C(=O)N2c4ccccc4C[C@H]2CN3C)cc(COc2cc3c(cc2OC)C(=O)N2c4ccccc4C[C@H]2CN3C)c1. The van der Waals surface area contributed by atoms with Crippen molar-refractivity contribution in [2.24, 2.45) is 0 Å². The van der Waals surface area contributed by atoms with E-state index < -0.39 is 31.1 Å². The highest BCUT2D eigenvalue weighted by Crippen LogP contribution is 2.44. The van der Waals surface area contributed by atoms with Gasteiger partial charge in [0.15, 0.2) is 17.3 Å². The van der Waals surface area contributed by atoms with E-state index in [0.717, 1.165) is 74.0 Å². The number of ketones is 1. The van der Waals surface area contributed by atoms with E-state index in [2.05, 4.69) is 52.8 Å². The molecule has 2 unspecified atom stereocenters. The Labute approximate surface area is 546 Å². The van der Waals surface area contributed by atoms with Gasteiger partial charge in [-0.3, -0.25) is 33.4 Å². The molecule has 24 heteroatoms. The zero-order valence-corrected chi connectivity index (χ0v) is 56.2. The van der Waals surface area contributed by atoms with Gasteiger partial charge in [0.2, 0.25) is 11.8 Å². The van der Waals surface area contributed by atoms with Crippen LogP contribution in [0.4, 0.5) is 28.4 Å². The Kier molecular flexibility index (Phi) is 21.9. The number of thioether (sulfide) groups is 1. The molecule has 0 spiro atoms. The monoisotopic (exact) mass is 1320 g/mol. The smallest absolute Gasteiger partial charge is 0.275 e. The Balaban J connectivity index is 0.906. The largest absolute Gasteiger partial charge is 0.493 e. The lowest BCUT2D eigenvalue weighted by Gasteiger charge is -2.34. The van der Waals surface area contributed by atoms with Crippen molar-refractivity contribution in [2.75, 3.05) is 131 Å². The summed E-state index contributed by atoms with van der Waals surface area (Å²) in [4.78, 5) is 79.0. The number of benzene rings is 5. The fourth-order valence-corrected chi connectivity index (χ4v) is 17.0. The number of imide groups is 1. The minimum absolute atomic E-state index is 0.00308. The van der Waals surface area contributed by atoms with Gasteiger partial charge in [-0.15, -0.1) is 0 Å². The first-order valence-corrected chi connectivity index (χ1v) is 35.8. The van der Waals surface area contributed by atoms with Gasteiger partial charge in [0.25, 0.3) is 21.9 Å². The van der Waals surface area contributed by atoms with Crippen LogP contribution in [-0.4, -0.2) is 181 Å². The molecule has 1 fully saturated rings. The second-order valence-electron chi connectivity index (χ2n) is 24.3. The predicted octanol–water partition coefficient (Wildman–Crippen LogP) is 9.34. The molecule has 5 heterocycles. The summed E-state index contributed by atoms with van der Waals surface area (Å²) < 4.78 is 71.7. The van der Waals surface area contributed by atoms with E-state index in [9.17, 15) is 36.9 Å². The summed E-state index contributed by atoms with van der Waals surface area (Å²) in [5, 5.41) is -2.13. The van der Waals surface area contributed by atoms with Gasteiger partial charge in [-0.05, 0) is 123 Å². The fraction of sp³-hybridized carbons (Fsp3) is 0.478. The fourth-order valence-electron chi connectivity index (χ4n) is 12.8. The van der Waals surface area contributed by atoms with Crippen molar-refractivity contribution in [3.05, 3.63) is 130 Å². The van der Waals surface area contributed by atoms with E-state index in [1.54, 1.807) is 26.5 Å². The summed E-state index contributed by atoms with van der Waals surface area (Å²) in [7, 11) is 5.34. The Morgan fingerprint density at radius 2 is 1.30 bits per heavy atom. The van der Waals surface area contributed by atoms with Crippen molar-refractivity contribution < 1.29 is 65.4 Å². The quantitative estimate of drug-likeness (QED) is 0.0189. The number of carbonyl (C=O) groups is 5. The van der Waals surface area contributed by atoms with Crippen LogP contribution in [0, 0.1) is 6.92 Å². The minimum Gasteiger partial charge on any atom is -0.493 e. The molecule has 0 aliphatic carbocycles. The molecular formula is C67H82N6O14S4. The lowest BCUT2D eigenvalue weighted by atomic mass is 10.1. The molecule has 4 atom stereocenters. The number of carbonyl (C=O) groups excluding carboxylic acids is 5. The number of rotatable bonds is 31. The average Bonchev–Trinajstić information content (AvgIpc) is 1.64. The lowest BCUT2D eigenvalue weighted by Crippen LogP contribution is -2.41. The molecule has 5 aromatic rings. The van der Waals surface area contributed by atoms with Crippen molar-refractivity contribution in [2.45, 2.75) is 99.8 Å². The molecule has 1 N–H and O–H groups in total. The summed E-state index contributed by atoms with van der Waals surface area (Å²) in [5.41, 5.74) is 10.1. The Morgan fingerprint density at radius 1 is 0.725 bits per heavy atom. The van der Waals surface area contributed by atoms with Crippen molar-refractivity contribution in [3.63, 3.8) is 0 Å². The predicted molar refractivity (Wildman–Crippen MR) is 360 cm³/mol. The van der Waals surface area contributed by atoms with E-state index >= 15 is 0 Å². The molecule has 5 aliphatic rings. The summed E-state index contributed by atoms with van der Waals surface area (Å²) in [6.07, 6.45) is 3.08. The minimum atomic E-state index is -4.77. The number of nitrogens with zero attached hydrogens (tertiary/aromatic N) is 6. The molecule has 0 aromatic heterocycles. The van der Waals surface area contributed by atoms with Crippen LogP contribution >= 0.6 is 33.3 Å². The number of hydrogen-bond donors (Lipinski definition) is 1. The van der Waals surface area contributed by atoms with Crippen LogP contribution in [0.5, 0.6) is 17.2 Å². The van der Waals surface area contributed by atoms with Crippen LogP contribution < -0.4 is 38.7 Å². The molecule has 5 aliphatic heterocycles. The van der Waals surface area contributed by atoms with Gasteiger partial charge < -0.3 is 52.9 Å². The zero-order valence-electron chi connectivity index (χ0n) is 53.0. The van der Waals surface area contributed by atoms with Crippen LogP contribution in [-0.2, 0) is 64.8 Å².